The summed E-state index contributed by atoms with van der Waals surface area (Å²) in [6.45, 7) is 1.25. The van der Waals surface area contributed by atoms with E-state index in [0.717, 1.165) is 30.8 Å². The van der Waals surface area contributed by atoms with Gasteiger partial charge in [0.15, 0.2) is 0 Å². The molecule has 2 fully saturated rings. The molecule has 0 aliphatic carbocycles. The summed E-state index contributed by atoms with van der Waals surface area (Å²) in [7, 11) is 0. The monoisotopic (exact) mass is 335 g/mol. The Labute approximate surface area is 140 Å². The van der Waals surface area contributed by atoms with Gasteiger partial charge in [0.2, 0.25) is 0 Å². The Balaban J connectivity index is 1.95. The quantitative estimate of drug-likeness (QED) is 0.690. The summed E-state index contributed by atoms with van der Waals surface area (Å²) in [5.41, 5.74) is -0.393. The third-order valence-electron chi connectivity index (χ3n) is 4.93. The van der Waals surface area contributed by atoms with Crippen molar-refractivity contribution in [2.24, 2.45) is 5.92 Å². The molecule has 0 aromatic heterocycles. The van der Waals surface area contributed by atoms with Crippen molar-refractivity contribution in [3.05, 3.63) is 35.6 Å². The number of benzene rings is 1. The van der Waals surface area contributed by atoms with E-state index in [4.69, 9.17) is 5.11 Å². The van der Waals surface area contributed by atoms with Gasteiger partial charge >= 0.3 is 6.03 Å². The second-order valence-electron chi connectivity index (χ2n) is 6.41. The summed E-state index contributed by atoms with van der Waals surface area (Å²) in [5.74, 6) is -0.711. The molecule has 0 unspecified atom stereocenters. The molecule has 1 atom stereocenters. The molecule has 1 aromatic carbocycles. The molecule has 0 spiro atoms. The van der Waals surface area contributed by atoms with Gasteiger partial charge in [-0.15, -0.1) is 0 Å². The second-order valence-corrected chi connectivity index (χ2v) is 6.41. The molecule has 2 saturated heterocycles. The Morgan fingerprint density at radius 1 is 1.29 bits per heavy atom. The Bertz CT molecular complexity index is 633. The number of imide groups is 1. The Morgan fingerprint density at radius 2 is 2.04 bits per heavy atom. The number of hydrogen-bond donors (Lipinski definition) is 3. The summed E-state index contributed by atoms with van der Waals surface area (Å²) in [5, 5.41) is 15.3. The largest absolute Gasteiger partial charge is 0.395 e. The number of carbonyl (C=O) groups is 2. The molecule has 24 heavy (non-hydrogen) atoms. The fourth-order valence-electron chi connectivity index (χ4n) is 3.77. The third kappa shape index (κ3) is 3.01. The first-order valence-corrected chi connectivity index (χ1v) is 8.27. The van der Waals surface area contributed by atoms with Gasteiger partial charge in [-0.25, -0.2) is 9.18 Å². The molecule has 0 bridgehead atoms. The van der Waals surface area contributed by atoms with Crippen LogP contribution in [0.25, 0.3) is 0 Å². The predicted molar refractivity (Wildman–Crippen MR) is 85.8 cm³/mol. The molecule has 6 nitrogen and oxygen atoms in total. The molecule has 3 N–H and O–H groups in total. The number of carbonyl (C=O) groups excluding carboxylic acids is 2. The van der Waals surface area contributed by atoms with Crippen LogP contribution < -0.4 is 10.6 Å². The summed E-state index contributed by atoms with van der Waals surface area (Å²) in [4.78, 5) is 26.4. The number of aliphatic hydroxyl groups is 1. The number of halogens is 1. The van der Waals surface area contributed by atoms with Crippen LogP contribution in [0.3, 0.4) is 0 Å². The molecule has 7 heteroatoms. The van der Waals surface area contributed by atoms with Crippen molar-refractivity contribution >= 4 is 11.9 Å². The first-order valence-electron chi connectivity index (χ1n) is 8.27. The maximum atomic E-state index is 13.6. The maximum absolute atomic E-state index is 13.6. The van der Waals surface area contributed by atoms with Gasteiger partial charge in [0.1, 0.15) is 11.4 Å². The zero-order valence-electron chi connectivity index (χ0n) is 13.4. The molecule has 130 valence electrons. The number of urea groups is 1. The van der Waals surface area contributed by atoms with E-state index in [2.05, 4.69) is 10.6 Å². The molecular formula is C17H22FN3O3. The lowest BCUT2D eigenvalue weighted by molar-refractivity contribution is -0.134. The van der Waals surface area contributed by atoms with E-state index in [1.807, 2.05) is 0 Å². The minimum absolute atomic E-state index is 0.0258. The highest BCUT2D eigenvalue weighted by Gasteiger charge is 2.55. The number of aliphatic hydroxyl groups excluding tert-OH is 1. The van der Waals surface area contributed by atoms with Crippen LogP contribution in [0.15, 0.2) is 24.3 Å². The van der Waals surface area contributed by atoms with Gasteiger partial charge in [-0.1, -0.05) is 12.1 Å². The molecular weight excluding hydrogens is 313 g/mol. The van der Waals surface area contributed by atoms with Crippen molar-refractivity contribution in [3.8, 4) is 0 Å². The molecule has 0 radical (unpaired) electrons. The van der Waals surface area contributed by atoms with Gasteiger partial charge in [-0.3, -0.25) is 9.69 Å². The third-order valence-corrected chi connectivity index (χ3v) is 4.93. The Kier molecular flexibility index (Phi) is 4.82. The highest BCUT2D eigenvalue weighted by atomic mass is 19.1. The summed E-state index contributed by atoms with van der Waals surface area (Å²) < 4.78 is 13.6. The van der Waals surface area contributed by atoms with Crippen LogP contribution in [0, 0.1) is 11.7 Å². The highest BCUT2D eigenvalue weighted by Crippen LogP contribution is 2.35. The Hall–Kier alpha value is -1.99. The molecule has 0 saturated carbocycles. The van der Waals surface area contributed by atoms with Gasteiger partial charge in [-0.2, -0.15) is 0 Å². The topological polar surface area (TPSA) is 81.7 Å². The predicted octanol–water partition coefficient (Wildman–Crippen LogP) is 0.651. The fraction of sp³-hybridized carbons (Fsp3) is 0.529. The second kappa shape index (κ2) is 6.86. The molecule has 1 aromatic rings. The number of piperidine rings is 1. The zero-order chi connectivity index (χ0) is 17.2. The zero-order valence-corrected chi connectivity index (χ0v) is 13.4. The lowest BCUT2D eigenvalue weighted by Crippen LogP contribution is -2.57. The SMILES string of the molecule is O=C1N[C@@](Cc2cccc(F)c2)(C2CCNCC2)C(=O)N1CCO. The molecule has 2 heterocycles. The van der Waals surface area contributed by atoms with Crippen LogP contribution in [0.5, 0.6) is 0 Å². The van der Waals surface area contributed by atoms with E-state index in [9.17, 15) is 14.0 Å². The number of β-amino-alcohol motifs (C(OH)–C–C–N with tert-alkyl or cyclic N) is 1. The van der Waals surface area contributed by atoms with Crippen LogP contribution in [0.2, 0.25) is 0 Å². The van der Waals surface area contributed by atoms with Gasteiger partial charge in [-0.05, 0) is 49.5 Å². The fourth-order valence-corrected chi connectivity index (χ4v) is 3.77. The minimum Gasteiger partial charge on any atom is -0.395 e. The average molecular weight is 335 g/mol. The number of nitrogens with one attached hydrogen (secondary N) is 2. The number of hydrogen-bond acceptors (Lipinski definition) is 4. The van der Waals surface area contributed by atoms with E-state index in [-0.39, 0.29) is 37.2 Å². The standard InChI is InChI=1S/C17H22FN3O3/c18-14-3-1-2-12(10-14)11-17(13-4-6-19-7-5-13)15(23)21(8-9-22)16(24)20-17/h1-3,10,13,19,22H,4-9,11H2,(H,20,24)/t17-/m0/s1. The first kappa shape index (κ1) is 16.9. The highest BCUT2D eigenvalue weighted by molar-refractivity contribution is 6.07. The minimum atomic E-state index is -1.07. The van der Waals surface area contributed by atoms with E-state index in [0.29, 0.717) is 5.56 Å². The van der Waals surface area contributed by atoms with Gasteiger partial charge < -0.3 is 15.7 Å². The normalized spacial score (nSPS) is 25.2. The van der Waals surface area contributed by atoms with Crippen molar-refractivity contribution in [3.63, 3.8) is 0 Å². The van der Waals surface area contributed by atoms with Crippen molar-refractivity contribution < 1.29 is 19.1 Å². The van der Waals surface area contributed by atoms with Crippen LogP contribution in [0.1, 0.15) is 18.4 Å². The maximum Gasteiger partial charge on any atom is 0.325 e. The van der Waals surface area contributed by atoms with Crippen molar-refractivity contribution in [2.45, 2.75) is 24.8 Å². The van der Waals surface area contributed by atoms with Gasteiger partial charge in [0, 0.05) is 6.42 Å². The molecule has 3 rings (SSSR count). The lowest BCUT2D eigenvalue weighted by Gasteiger charge is -2.38. The average Bonchev–Trinajstić information content (AvgIpc) is 2.81. The van der Waals surface area contributed by atoms with E-state index in [1.165, 1.54) is 12.1 Å². The van der Waals surface area contributed by atoms with Gasteiger partial charge in [0.25, 0.3) is 5.91 Å². The van der Waals surface area contributed by atoms with E-state index < -0.39 is 11.6 Å². The van der Waals surface area contributed by atoms with Gasteiger partial charge in [0.05, 0.1) is 13.2 Å². The summed E-state index contributed by atoms with van der Waals surface area (Å²) in [6, 6.07) is 5.64. The van der Waals surface area contributed by atoms with Crippen molar-refractivity contribution in [1.82, 2.24) is 15.5 Å². The van der Waals surface area contributed by atoms with Crippen molar-refractivity contribution in [2.75, 3.05) is 26.2 Å². The van der Waals surface area contributed by atoms with Crippen LogP contribution in [-0.4, -0.2) is 53.7 Å². The van der Waals surface area contributed by atoms with Crippen LogP contribution in [0.4, 0.5) is 9.18 Å². The number of amides is 3. The van der Waals surface area contributed by atoms with Crippen molar-refractivity contribution in [1.29, 1.82) is 0 Å². The van der Waals surface area contributed by atoms with Crippen LogP contribution in [-0.2, 0) is 11.2 Å². The molecule has 3 amide bonds. The molecule has 2 aliphatic rings. The number of nitrogens with zero attached hydrogens (tertiary/aromatic N) is 1. The number of rotatable bonds is 5. The first-order chi connectivity index (χ1) is 11.6. The lowest BCUT2D eigenvalue weighted by atomic mass is 9.74. The Morgan fingerprint density at radius 3 is 2.71 bits per heavy atom. The summed E-state index contributed by atoms with van der Waals surface area (Å²) in [6.07, 6.45) is 1.77. The summed E-state index contributed by atoms with van der Waals surface area (Å²) >= 11 is 0. The van der Waals surface area contributed by atoms with E-state index in [1.54, 1.807) is 12.1 Å². The molecule has 2 aliphatic heterocycles. The van der Waals surface area contributed by atoms with Crippen LogP contribution >= 0.6 is 0 Å². The smallest absolute Gasteiger partial charge is 0.325 e. The van der Waals surface area contributed by atoms with E-state index >= 15 is 0 Å².